The van der Waals surface area contributed by atoms with Gasteiger partial charge in [0.05, 0.1) is 4.90 Å². The second-order valence-electron chi connectivity index (χ2n) is 6.68. The highest BCUT2D eigenvalue weighted by molar-refractivity contribution is 7.90. The van der Waals surface area contributed by atoms with Crippen molar-refractivity contribution in [2.45, 2.75) is 31.7 Å². The van der Waals surface area contributed by atoms with Crippen LogP contribution < -0.4 is 10.0 Å². The lowest BCUT2D eigenvalue weighted by Gasteiger charge is -2.12. The quantitative estimate of drug-likeness (QED) is 0.724. The Morgan fingerprint density at radius 2 is 1.76 bits per heavy atom. The monoisotopic (exact) mass is 415 g/mol. The van der Waals surface area contributed by atoms with Gasteiger partial charge in [-0.25, -0.2) is 13.2 Å². The van der Waals surface area contributed by atoms with E-state index in [9.17, 15) is 18.0 Å². The summed E-state index contributed by atoms with van der Waals surface area (Å²) in [5.41, 5.74) is 2.87. The van der Waals surface area contributed by atoms with Gasteiger partial charge in [0, 0.05) is 11.3 Å². The maximum Gasteiger partial charge on any atom is 0.331 e. The minimum Gasteiger partial charge on any atom is -0.454 e. The average Bonchev–Trinajstić information content (AvgIpc) is 2.93. The largest absolute Gasteiger partial charge is 0.454 e. The molecule has 0 aromatic heterocycles. The highest BCUT2D eigenvalue weighted by atomic mass is 32.2. The van der Waals surface area contributed by atoms with Gasteiger partial charge >= 0.3 is 5.97 Å². The van der Waals surface area contributed by atoms with Gasteiger partial charge in [0.15, 0.2) is 6.61 Å². The number of esters is 1. The van der Waals surface area contributed by atoms with E-state index in [0.29, 0.717) is 11.3 Å². The molecule has 0 spiro atoms. The lowest BCUT2D eigenvalue weighted by Crippen LogP contribution is -2.29. The summed E-state index contributed by atoms with van der Waals surface area (Å²) in [6, 6.07) is 11.0. The molecule has 2 aromatic rings. The number of sulfonamides is 1. The molecule has 0 unspecified atom stereocenters. The Morgan fingerprint density at radius 3 is 2.45 bits per heavy atom. The molecule has 1 aliphatic rings. The van der Waals surface area contributed by atoms with Gasteiger partial charge < -0.3 is 10.1 Å². The van der Waals surface area contributed by atoms with Crippen molar-refractivity contribution in [3.8, 4) is 0 Å². The number of benzene rings is 2. The Bertz CT molecular complexity index is 1090. The smallest absolute Gasteiger partial charge is 0.331 e. The van der Waals surface area contributed by atoms with Gasteiger partial charge in [-0.05, 0) is 44.0 Å². The van der Waals surface area contributed by atoms with Crippen LogP contribution in [0, 0.1) is 13.8 Å². The molecule has 1 heterocycles. The first kappa shape index (κ1) is 20.5. The lowest BCUT2D eigenvalue weighted by atomic mass is 10.1. The normalized spacial score (nSPS) is 16.6. The minimum atomic E-state index is -3.69. The second kappa shape index (κ2) is 8.04. The molecule has 9 heteroatoms. The molecular weight excluding hydrogens is 394 g/mol. The fraction of sp³-hybridized carbons (Fsp3) is 0.250. The van der Waals surface area contributed by atoms with E-state index in [2.05, 4.69) is 15.0 Å². The molecule has 2 N–H and O–H groups in total. The highest BCUT2D eigenvalue weighted by Crippen LogP contribution is 2.23. The summed E-state index contributed by atoms with van der Waals surface area (Å²) < 4.78 is 31.6. The Hall–Kier alpha value is -3.20. The van der Waals surface area contributed by atoms with Gasteiger partial charge in [0.1, 0.15) is 11.9 Å². The summed E-state index contributed by atoms with van der Waals surface area (Å²) >= 11 is 0. The van der Waals surface area contributed by atoms with Crippen LogP contribution in [0.3, 0.4) is 0 Å². The first-order valence-corrected chi connectivity index (χ1v) is 10.4. The molecule has 0 saturated carbocycles. The number of hydrogen-bond acceptors (Lipinski definition) is 6. The molecule has 0 aliphatic carbocycles. The number of aryl methyl sites for hydroxylation is 2. The topological polar surface area (TPSA) is 114 Å². The molecular formula is C20H21N3O5S. The van der Waals surface area contributed by atoms with Gasteiger partial charge in [-0.2, -0.15) is 0 Å². The summed E-state index contributed by atoms with van der Waals surface area (Å²) in [6.45, 7) is 4.73. The number of amidine groups is 1. The second-order valence-corrected chi connectivity index (χ2v) is 8.33. The first-order valence-electron chi connectivity index (χ1n) is 8.92. The molecule has 8 nitrogen and oxygen atoms in total. The number of carbonyl (C=O) groups excluding carboxylic acids is 2. The van der Waals surface area contributed by atoms with E-state index in [1.165, 1.54) is 13.0 Å². The fourth-order valence-corrected chi connectivity index (χ4v) is 4.16. The van der Waals surface area contributed by atoms with E-state index in [0.717, 1.165) is 11.1 Å². The van der Waals surface area contributed by atoms with Crippen molar-refractivity contribution >= 4 is 33.4 Å². The third-order valence-corrected chi connectivity index (χ3v) is 5.81. The molecule has 1 atom stereocenters. The SMILES string of the molecule is Cc1cccc(C)c1NC(=O)COC(=O)[C@H](C)N=C1NS(=O)(=O)c2ccccc21. The summed E-state index contributed by atoms with van der Waals surface area (Å²) in [5, 5.41) is 2.73. The predicted molar refractivity (Wildman–Crippen MR) is 108 cm³/mol. The van der Waals surface area contributed by atoms with E-state index in [4.69, 9.17) is 4.74 Å². The van der Waals surface area contributed by atoms with Crippen molar-refractivity contribution in [1.29, 1.82) is 0 Å². The Labute approximate surface area is 169 Å². The van der Waals surface area contributed by atoms with Gasteiger partial charge in [-0.15, -0.1) is 0 Å². The summed E-state index contributed by atoms with van der Waals surface area (Å²) in [4.78, 5) is 28.6. The number of anilines is 1. The number of amides is 1. The number of hydrogen-bond donors (Lipinski definition) is 2. The van der Waals surface area contributed by atoms with Crippen molar-refractivity contribution in [3.05, 3.63) is 59.2 Å². The van der Waals surface area contributed by atoms with Crippen molar-refractivity contribution in [3.63, 3.8) is 0 Å². The van der Waals surface area contributed by atoms with E-state index in [1.807, 2.05) is 32.0 Å². The summed E-state index contributed by atoms with van der Waals surface area (Å²) in [7, 11) is -3.69. The molecule has 2 aromatic carbocycles. The number of ether oxygens (including phenoxy) is 1. The van der Waals surface area contributed by atoms with Gasteiger partial charge in [0.2, 0.25) is 0 Å². The van der Waals surface area contributed by atoms with Crippen LogP contribution in [0.5, 0.6) is 0 Å². The number of para-hydroxylation sites is 1. The third-order valence-electron chi connectivity index (χ3n) is 4.42. The molecule has 3 rings (SSSR count). The Balaban J connectivity index is 1.63. The maximum atomic E-state index is 12.2. The number of rotatable bonds is 5. The van der Waals surface area contributed by atoms with Crippen molar-refractivity contribution < 1.29 is 22.7 Å². The lowest BCUT2D eigenvalue weighted by molar-refractivity contribution is -0.148. The van der Waals surface area contributed by atoms with Gasteiger partial charge in [-0.3, -0.25) is 14.5 Å². The zero-order valence-corrected chi connectivity index (χ0v) is 17.0. The first-order chi connectivity index (χ1) is 13.7. The van der Waals surface area contributed by atoms with Crippen molar-refractivity contribution in [2.75, 3.05) is 11.9 Å². The molecule has 0 saturated heterocycles. The van der Waals surface area contributed by atoms with Crippen LogP contribution in [0.15, 0.2) is 52.4 Å². The molecule has 1 amide bonds. The van der Waals surface area contributed by atoms with Gasteiger partial charge in [0.25, 0.3) is 15.9 Å². The number of aliphatic imine (C=N–C) groups is 1. The molecule has 152 valence electrons. The van der Waals surface area contributed by atoms with Crippen LogP contribution in [-0.2, 0) is 24.3 Å². The number of nitrogens with one attached hydrogen (secondary N) is 2. The van der Waals surface area contributed by atoms with Crippen LogP contribution in [-0.4, -0.2) is 38.8 Å². The molecule has 29 heavy (non-hydrogen) atoms. The number of nitrogens with zero attached hydrogens (tertiary/aromatic N) is 1. The third kappa shape index (κ3) is 4.45. The summed E-state index contributed by atoms with van der Waals surface area (Å²) in [6.07, 6.45) is 0. The molecule has 0 fully saturated rings. The fourth-order valence-electron chi connectivity index (χ4n) is 2.92. The van der Waals surface area contributed by atoms with Crippen LogP contribution in [0.4, 0.5) is 5.69 Å². The standard InChI is InChI=1S/C20H21N3O5S/c1-12-7-6-8-13(2)18(12)22-17(24)11-28-20(25)14(3)21-19-15-9-4-5-10-16(15)29(26,27)23-19/h4-10,14H,11H2,1-3H3,(H,21,23)(H,22,24)/t14-/m0/s1. The zero-order chi connectivity index (χ0) is 21.2. The van der Waals surface area contributed by atoms with Crippen LogP contribution in [0.2, 0.25) is 0 Å². The van der Waals surface area contributed by atoms with Crippen LogP contribution in [0.25, 0.3) is 0 Å². The molecule has 0 radical (unpaired) electrons. The number of fused-ring (bicyclic) bond motifs is 1. The van der Waals surface area contributed by atoms with Gasteiger partial charge in [-0.1, -0.05) is 30.3 Å². The minimum absolute atomic E-state index is 0.0741. The van der Waals surface area contributed by atoms with Crippen molar-refractivity contribution in [2.24, 2.45) is 4.99 Å². The Kier molecular flexibility index (Phi) is 5.69. The predicted octanol–water partition coefficient (Wildman–Crippen LogP) is 1.91. The zero-order valence-electron chi connectivity index (χ0n) is 16.2. The molecule has 0 bridgehead atoms. The van der Waals surface area contributed by atoms with E-state index >= 15 is 0 Å². The van der Waals surface area contributed by atoms with Crippen LogP contribution >= 0.6 is 0 Å². The van der Waals surface area contributed by atoms with Crippen molar-refractivity contribution in [1.82, 2.24) is 4.72 Å². The maximum absolute atomic E-state index is 12.2. The Morgan fingerprint density at radius 1 is 1.10 bits per heavy atom. The highest BCUT2D eigenvalue weighted by Gasteiger charge is 2.31. The summed E-state index contributed by atoms with van der Waals surface area (Å²) in [5.74, 6) is -1.13. The van der Waals surface area contributed by atoms with E-state index in [-0.39, 0.29) is 10.7 Å². The van der Waals surface area contributed by atoms with E-state index in [1.54, 1.807) is 18.2 Å². The van der Waals surface area contributed by atoms with Crippen LogP contribution in [0.1, 0.15) is 23.6 Å². The number of carbonyl (C=O) groups is 2. The van der Waals surface area contributed by atoms with E-state index < -0.39 is 34.5 Å². The molecule has 1 aliphatic heterocycles. The average molecular weight is 415 g/mol.